The molecule has 19 nitrogen and oxygen atoms in total. The molecule has 5 atom stereocenters. The first-order valence-corrected chi connectivity index (χ1v) is 26.9. The molecule has 8 amide bonds. The summed E-state index contributed by atoms with van der Waals surface area (Å²) in [5, 5.41) is 16.8. The lowest BCUT2D eigenvalue weighted by atomic mass is 9.71. The lowest BCUT2D eigenvalue weighted by Crippen LogP contribution is -2.66. The van der Waals surface area contributed by atoms with Gasteiger partial charge in [-0.1, -0.05) is 105 Å². The van der Waals surface area contributed by atoms with Gasteiger partial charge in [0.25, 0.3) is 0 Å². The maximum Gasteiger partial charge on any atom is 0.408 e. The molecule has 6 N–H and O–H groups in total. The van der Waals surface area contributed by atoms with E-state index >= 15 is 0 Å². The Bertz CT molecular complexity index is 2430. The molecular formula is C58H82N8O11. The molecule has 2 fully saturated rings. The van der Waals surface area contributed by atoms with Crippen LogP contribution in [-0.2, 0) is 57.6 Å². The van der Waals surface area contributed by atoms with Crippen molar-refractivity contribution < 1.29 is 52.6 Å². The second-order valence-electron chi connectivity index (χ2n) is 22.8. The molecule has 0 aromatic heterocycles. The molecule has 5 rings (SSSR count). The fourth-order valence-corrected chi connectivity index (χ4v) is 9.26. The van der Waals surface area contributed by atoms with Crippen LogP contribution in [0.1, 0.15) is 118 Å². The summed E-state index contributed by atoms with van der Waals surface area (Å²) in [6, 6.07) is 22.2. The third-order valence-corrected chi connectivity index (χ3v) is 13.2. The Balaban J connectivity index is 1.27. The molecular weight excluding hydrogens is 985 g/mol. The number of hydrogen-bond donors (Lipinski definition) is 6. The van der Waals surface area contributed by atoms with Gasteiger partial charge in [0.05, 0.1) is 0 Å². The quantitative estimate of drug-likeness (QED) is 0.0453. The molecule has 0 saturated carbocycles. The zero-order valence-corrected chi connectivity index (χ0v) is 46.4. The van der Waals surface area contributed by atoms with Gasteiger partial charge in [0.2, 0.25) is 29.5 Å². The molecule has 0 radical (unpaired) electrons. The highest BCUT2D eigenvalue weighted by Crippen LogP contribution is 2.41. The fraction of sp³-hybridized carbons (Fsp3) is 0.552. The average molecular weight is 1070 g/mol. The summed E-state index contributed by atoms with van der Waals surface area (Å²) < 4.78 is 16.2. The summed E-state index contributed by atoms with van der Waals surface area (Å²) in [5.41, 5.74) is 0.555. The van der Waals surface area contributed by atoms with E-state index in [4.69, 9.17) is 14.2 Å². The van der Waals surface area contributed by atoms with Crippen LogP contribution in [0.2, 0.25) is 0 Å². The molecule has 1 spiro atoms. The van der Waals surface area contributed by atoms with E-state index in [0.717, 1.165) is 16.7 Å². The highest BCUT2D eigenvalue weighted by atomic mass is 16.6. The first kappa shape index (κ1) is 60.7. The average Bonchev–Trinajstić information content (AvgIpc) is 3.36. The summed E-state index contributed by atoms with van der Waals surface area (Å²) in [6.07, 6.45) is 0.713. The topological polar surface area (TPSA) is 243 Å². The highest BCUT2D eigenvalue weighted by Gasteiger charge is 2.49. The molecule has 77 heavy (non-hydrogen) atoms. The molecule has 2 aliphatic heterocycles. The highest BCUT2D eigenvalue weighted by molar-refractivity contribution is 5.95. The number of amides is 8. The minimum absolute atomic E-state index is 0.0553. The maximum atomic E-state index is 14.5. The molecule has 3 aromatic rings. The van der Waals surface area contributed by atoms with Gasteiger partial charge in [0.1, 0.15) is 48.0 Å². The molecule has 2 heterocycles. The Morgan fingerprint density at radius 1 is 0.532 bits per heavy atom. The SMILES string of the molecule is CC(C)CC(NC(=O)[C@@H](Cc1ccccc1)NC(=O)[C@@H](Cc1ccccc1)NC(=O)OC(C)(C)C)C(=O)N[C@H](CCCCNC(=O)OC(C)(C)C)C(=O)N1CC2(CCN(C(=O)[C@@H](C)NC(=O)OCc3ccccc3)CC2)C1. The van der Waals surface area contributed by atoms with Crippen LogP contribution in [0.5, 0.6) is 0 Å². The monoisotopic (exact) mass is 1070 g/mol. The number of likely N-dealkylation sites (tertiary alicyclic amines) is 2. The van der Waals surface area contributed by atoms with Crippen LogP contribution in [0.25, 0.3) is 0 Å². The first-order chi connectivity index (χ1) is 36.4. The van der Waals surface area contributed by atoms with Crippen LogP contribution in [0.15, 0.2) is 91.0 Å². The predicted molar refractivity (Wildman–Crippen MR) is 291 cm³/mol. The van der Waals surface area contributed by atoms with Gasteiger partial charge in [-0.15, -0.1) is 0 Å². The predicted octanol–water partition coefficient (Wildman–Crippen LogP) is 6.33. The Hall–Kier alpha value is -7.18. The van der Waals surface area contributed by atoms with Crippen molar-refractivity contribution in [1.82, 2.24) is 41.7 Å². The van der Waals surface area contributed by atoms with Crippen molar-refractivity contribution in [2.75, 3.05) is 32.7 Å². The fourth-order valence-electron chi connectivity index (χ4n) is 9.26. The maximum absolute atomic E-state index is 14.5. The van der Waals surface area contributed by atoms with Crippen molar-refractivity contribution in [2.45, 2.75) is 162 Å². The van der Waals surface area contributed by atoms with Crippen LogP contribution in [0, 0.1) is 11.3 Å². The zero-order chi connectivity index (χ0) is 56.3. The van der Waals surface area contributed by atoms with Crippen LogP contribution in [-0.4, -0.2) is 132 Å². The van der Waals surface area contributed by atoms with E-state index in [9.17, 15) is 38.4 Å². The van der Waals surface area contributed by atoms with E-state index in [1.54, 1.807) is 58.3 Å². The van der Waals surface area contributed by atoms with Crippen LogP contribution in [0.3, 0.4) is 0 Å². The standard InChI is InChI=1S/C58H82N8O11/c1-39(2)33-45(62-49(68)46(34-41-21-13-10-14-22-41)63-50(69)47(35-42-23-15-11-16-24-42)64-55(74)77-57(7,8)9)48(67)61-44(27-19-20-30-59-53(72)76-56(4,5)6)52(71)66-37-58(38-66)28-31-65(32-29-58)51(70)40(3)60-54(73)75-36-43-25-17-12-18-26-43/h10-18,21-26,39-40,44-47H,19-20,27-38H2,1-9H3,(H,59,72)(H,60,73)(H,61,67)(H,62,68)(H,63,69)(H,64,74)/t40-,44-,45?,46-,47-/m1/s1. The van der Waals surface area contributed by atoms with Crippen LogP contribution >= 0.6 is 0 Å². The van der Waals surface area contributed by atoms with Gasteiger partial charge in [0.15, 0.2) is 0 Å². The lowest BCUT2D eigenvalue weighted by Gasteiger charge is -2.54. The van der Waals surface area contributed by atoms with E-state index in [1.807, 2.05) is 105 Å². The number of benzene rings is 3. The number of nitrogens with zero attached hydrogens (tertiary/aromatic N) is 2. The summed E-state index contributed by atoms with van der Waals surface area (Å²) in [6.45, 7) is 17.9. The van der Waals surface area contributed by atoms with Crippen LogP contribution < -0.4 is 31.9 Å². The largest absolute Gasteiger partial charge is 0.445 e. The Morgan fingerprint density at radius 2 is 1.00 bits per heavy atom. The number of carbonyl (C=O) groups excluding carboxylic acids is 8. The van der Waals surface area contributed by atoms with E-state index < -0.39 is 77.4 Å². The molecule has 3 aromatic carbocycles. The van der Waals surface area contributed by atoms with E-state index in [-0.39, 0.29) is 62.0 Å². The van der Waals surface area contributed by atoms with Crippen molar-refractivity contribution in [3.8, 4) is 0 Å². The van der Waals surface area contributed by atoms with Gasteiger partial charge in [-0.05, 0) is 110 Å². The number of carbonyl (C=O) groups is 8. The minimum atomic E-state index is -1.19. The van der Waals surface area contributed by atoms with Gasteiger partial charge in [-0.25, -0.2) is 14.4 Å². The molecule has 2 saturated heterocycles. The third kappa shape index (κ3) is 20.7. The second kappa shape index (κ2) is 28.3. The van der Waals surface area contributed by atoms with E-state index in [2.05, 4.69) is 31.9 Å². The van der Waals surface area contributed by atoms with Crippen molar-refractivity contribution in [3.05, 3.63) is 108 Å². The summed E-state index contributed by atoms with van der Waals surface area (Å²) in [7, 11) is 0. The Labute approximate surface area is 454 Å². The number of rotatable bonds is 23. The van der Waals surface area contributed by atoms with Gasteiger partial charge in [-0.2, -0.15) is 0 Å². The molecule has 19 heteroatoms. The van der Waals surface area contributed by atoms with E-state index in [0.29, 0.717) is 51.9 Å². The van der Waals surface area contributed by atoms with Gasteiger partial charge in [0, 0.05) is 51.0 Å². The zero-order valence-electron chi connectivity index (χ0n) is 46.4. The van der Waals surface area contributed by atoms with E-state index in [1.165, 1.54) is 0 Å². The molecule has 0 aliphatic carbocycles. The van der Waals surface area contributed by atoms with Gasteiger partial charge < -0.3 is 55.9 Å². The van der Waals surface area contributed by atoms with Gasteiger partial charge >= 0.3 is 18.3 Å². The van der Waals surface area contributed by atoms with Crippen molar-refractivity contribution in [1.29, 1.82) is 0 Å². The number of piperidine rings is 1. The van der Waals surface area contributed by atoms with Gasteiger partial charge in [-0.3, -0.25) is 24.0 Å². The normalized spacial score (nSPS) is 16.0. The molecule has 2 aliphatic rings. The van der Waals surface area contributed by atoms with Crippen LogP contribution in [0.4, 0.5) is 14.4 Å². The Kier molecular flexibility index (Phi) is 22.3. The molecule has 420 valence electrons. The smallest absolute Gasteiger partial charge is 0.408 e. The summed E-state index contributed by atoms with van der Waals surface area (Å²) >= 11 is 0. The van der Waals surface area contributed by atoms with Crippen molar-refractivity contribution >= 4 is 47.8 Å². The number of alkyl carbamates (subject to hydrolysis) is 3. The molecule has 1 unspecified atom stereocenters. The van der Waals surface area contributed by atoms with Crippen molar-refractivity contribution in [3.63, 3.8) is 0 Å². The lowest BCUT2D eigenvalue weighted by molar-refractivity contribution is -0.153. The van der Waals surface area contributed by atoms with Crippen molar-refractivity contribution in [2.24, 2.45) is 11.3 Å². The second-order valence-corrected chi connectivity index (χ2v) is 22.8. The first-order valence-electron chi connectivity index (χ1n) is 26.9. The number of hydrogen-bond acceptors (Lipinski definition) is 11. The number of unbranched alkanes of at least 4 members (excludes halogenated alkanes) is 1. The summed E-state index contributed by atoms with van der Waals surface area (Å²) in [5.74, 6) is -2.47. The Morgan fingerprint density at radius 3 is 1.52 bits per heavy atom. The third-order valence-electron chi connectivity index (χ3n) is 13.2. The minimum Gasteiger partial charge on any atom is -0.445 e. The number of ether oxygens (including phenoxy) is 3. The summed E-state index contributed by atoms with van der Waals surface area (Å²) in [4.78, 5) is 113. The number of nitrogens with one attached hydrogen (secondary N) is 6. The molecule has 0 bridgehead atoms.